The molecular weight excluding hydrogens is 1250 g/mol. The van der Waals surface area contributed by atoms with Crippen LogP contribution in [0, 0.1) is 5.92 Å². The van der Waals surface area contributed by atoms with Crippen molar-refractivity contribution in [3.05, 3.63) is 389 Å². The van der Waals surface area contributed by atoms with E-state index >= 15 is 0 Å². The molecule has 2 nitrogen and oxygen atoms in total. The molecule has 0 heterocycles. The zero-order chi connectivity index (χ0) is 70.2. The largest absolute Gasteiger partial charge is 0.310 e. The van der Waals surface area contributed by atoms with E-state index in [0.29, 0.717) is 5.92 Å². The number of nitrogens with zero attached hydrogens (tertiary/aromatic N) is 2. The van der Waals surface area contributed by atoms with Gasteiger partial charge in [-0.05, 0) is 223 Å². The highest BCUT2D eigenvalue weighted by molar-refractivity contribution is 6.00. The summed E-state index contributed by atoms with van der Waals surface area (Å²) >= 11 is 0. The third-order valence-electron chi connectivity index (χ3n) is 23.2. The molecule has 0 aliphatic heterocycles. The second-order valence-corrected chi connectivity index (χ2v) is 29.6. The average molecular weight is 1350 g/mol. The maximum Gasteiger partial charge on any atom is 0.0540 e. The summed E-state index contributed by atoms with van der Waals surface area (Å²) < 4.78 is 0. The lowest BCUT2D eigenvalue weighted by molar-refractivity contribution is 0.507. The van der Waals surface area contributed by atoms with Crippen LogP contribution in [0.15, 0.2) is 323 Å². The number of rotatable bonds is 27. The first-order valence-corrected chi connectivity index (χ1v) is 38.5. The number of fused-ring (bicyclic) bond motifs is 8. The Labute approximate surface area is 618 Å². The number of hydrogen-bond acceptors (Lipinski definition) is 2. The monoisotopic (exact) mass is 1350 g/mol. The van der Waals surface area contributed by atoms with Crippen molar-refractivity contribution in [3.63, 3.8) is 0 Å². The van der Waals surface area contributed by atoms with E-state index in [0.717, 1.165) is 74.1 Å². The van der Waals surface area contributed by atoms with Crippen molar-refractivity contribution < 1.29 is 0 Å². The minimum atomic E-state index is -0.319. The van der Waals surface area contributed by atoms with Crippen molar-refractivity contribution in [1.29, 1.82) is 0 Å². The highest BCUT2D eigenvalue weighted by atomic mass is 15.2. The topological polar surface area (TPSA) is 6.48 Å². The van der Waals surface area contributed by atoms with Crippen LogP contribution < -0.4 is 9.80 Å². The summed E-state index contributed by atoms with van der Waals surface area (Å²) in [4.78, 5) is 5.10. The van der Waals surface area contributed by atoms with Crippen LogP contribution in [0.1, 0.15) is 157 Å². The summed E-state index contributed by atoms with van der Waals surface area (Å²) in [6.07, 6.45) is 27.0. The molecule has 0 amide bonds. The molecule has 13 aromatic carbocycles. The maximum absolute atomic E-state index is 3.95. The van der Waals surface area contributed by atoms with Crippen molar-refractivity contribution in [1.82, 2.24) is 0 Å². The molecule has 2 heteroatoms. The van der Waals surface area contributed by atoms with Crippen LogP contribution in [0.5, 0.6) is 0 Å². The number of anilines is 6. The fourth-order valence-corrected chi connectivity index (χ4v) is 17.9. The molecule has 0 saturated heterocycles. The van der Waals surface area contributed by atoms with E-state index in [4.69, 9.17) is 0 Å². The molecule has 3 unspecified atom stereocenters. The van der Waals surface area contributed by atoms with Crippen molar-refractivity contribution in [2.24, 2.45) is 5.92 Å². The predicted octanol–water partition coefficient (Wildman–Crippen LogP) is 28.1. The van der Waals surface area contributed by atoms with Crippen LogP contribution in [0.25, 0.3) is 62.4 Å². The number of benzene rings is 13. The van der Waals surface area contributed by atoms with E-state index in [-0.39, 0.29) is 10.8 Å². The molecule has 512 valence electrons. The highest BCUT2D eigenvalue weighted by Gasteiger charge is 2.46. The Morgan fingerprint density at radius 3 is 1.32 bits per heavy atom. The van der Waals surface area contributed by atoms with Gasteiger partial charge in [0.25, 0.3) is 0 Å². The smallest absolute Gasteiger partial charge is 0.0540 e. The number of aryl methyl sites for hydroxylation is 2. The molecule has 0 radical (unpaired) electrons. The first-order chi connectivity index (χ1) is 51.4. The Kier molecular flexibility index (Phi) is 19.8. The molecule has 3 aliphatic carbocycles. The van der Waals surface area contributed by atoms with Crippen LogP contribution in [0.2, 0.25) is 0 Å². The van der Waals surface area contributed by atoms with Crippen LogP contribution >= 0.6 is 0 Å². The van der Waals surface area contributed by atoms with Gasteiger partial charge in [0, 0.05) is 44.7 Å². The second kappa shape index (κ2) is 30.5. The summed E-state index contributed by atoms with van der Waals surface area (Å²) in [6.45, 7) is 10.3. The van der Waals surface area contributed by atoms with Gasteiger partial charge in [0.15, 0.2) is 0 Å². The predicted molar refractivity (Wildman–Crippen MR) is 445 cm³/mol. The minimum Gasteiger partial charge on any atom is -0.310 e. The molecule has 3 aliphatic rings. The molecule has 0 spiro atoms. The van der Waals surface area contributed by atoms with Gasteiger partial charge in [-0.2, -0.15) is 0 Å². The van der Waals surface area contributed by atoms with Gasteiger partial charge in [-0.15, -0.1) is 0 Å². The van der Waals surface area contributed by atoms with Gasteiger partial charge in [-0.25, -0.2) is 0 Å². The average Bonchev–Trinajstić information content (AvgIpc) is 1.55. The number of hydrogen-bond donors (Lipinski definition) is 0. The fraction of sp³-hybridized carbons (Fsp3) is 0.196. The molecule has 0 fully saturated rings. The summed E-state index contributed by atoms with van der Waals surface area (Å²) in [5, 5.41) is 2.44. The van der Waals surface area contributed by atoms with Gasteiger partial charge in [0.1, 0.15) is 0 Å². The second-order valence-electron chi connectivity index (χ2n) is 29.6. The van der Waals surface area contributed by atoms with Crippen LogP contribution in [0.4, 0.5) is 34.1 Å². The molecule has 104 heavy (non-hydrogen) atoms. The Balaban J connectivity index is 0.730. The molecule has 16 rings (SSSR count). The van der Waals surface area contributed by atoms with Gasteiger partial charge in [-0.1, -0.05) is 338 Å². The lowest BCUT2D eigenvalue weighted by Crippen LogP contribution is -2.27. The molecule has 3 atom stereocenters. The lowest BCUT2D eigenvalue weighted by atomic mass is 9.69. The normalized spacial score (nSPS) is 16.0. The van der Waals surface area contributed by atoms with E-state index in [9.17, 15) is 0 Å². The Morgan fingerprint density at radius 2 is 0.788 bits per heavy atom. The number of unbranched alkanes of at least 4 members (excludes halogenated alkanes) is 8. The van der Waals surface area contributed by atoms with Crippen molar-refractivity contribution in [2.75, 3.05) is 9.80 Å². The minimum absolute atomic E-state index is 0.314. The molecular formula is C102H94N2. The van der Waals surface area contributed by atoms with Gasteiger partial charge in [0.05, 0.1) is 5.69 Å². The molecule has 0 saturated carbocycles. The first-order valence-electron chi connectivity index (χ1n) is 38.5. The zero-order valence-electron chi connectivity index (χ0n) is 60.4. The highest BCUT2D eigenvalue weighted by Crippen LogP contribution is 2.59. The number of allylic oxidation sites excluding steroid dienone is 1. The quantitative estimate of drug-likeness (QED) is 0.0474. The Morgan fingerprint density at radius 1 is 0.365 bits per heavy atom. The van der Waals surface area contributed by atoms with E-state index in [2.05, 4.69) is 345 Å². The molecule has 0 N–H and O–H groups in total. The standard InChI is InChI=1S/C102H94N2/c1-4-75-49-53-77(54-50-75)32-14-8-6-10-26-69-101(83-38-16-12-17-39-83)95-45-24-22-43-90(95)92-67-65-87(72-97(92)101)103(99-47-29-36-81-34-20-21-42-89(81)99)85-61-57-79(58-62-85)80-59-63-86(64-60-80)104(100-48-30-37-82-35-28-31-74(3)71-94(82)100)88-66-68-93-91-44-23-25-46-96(91)102(98(93)73-88,84-40-18-13-19-41-84)70-27-11-7-9-15-33-78-55-51-76(5-2)52-56-78/h4-5,12-13,16-25,28-30,34-68,72-74H,1-2,6-11,14-15,26-27,31-33,69-71H2,3H3. The van der Waals surface area contributed by atoms with Crippen LogP contribution in [-0.2, 0) is 30.1 Å². The zero-order valence-corrected chi connectivity index (χ0v) is 60.4. The fourth-order valence-electron chi connectivity index (χ4n) is 17.9. The molecule has 13 aromatic rings. The van der Waals surface area contributed by atoms with Gasteiger partial charge in [0.2, 0.25) is 0 Å². The van der Waals surface area contributed by atoms with Crippen molar-refractivity contribution in [2.45, 2.75) is 120 Å². The maximum atomic E-state index is 3.95. The van der Waals surface area contributed by atoms with Crippen LogP contribution in [0.3, 0.4) is 0 Å². The third kappa shape index (κ3) is 13.2. The van der Waals surface area contributed by atoms with E-state index in [1.165, 1.54) is 174 Å². The van der Waals surface area contributed by atoms with E-state index in [1.54, 1.807) is 0 Å². The Bertz CT molecular complexity index is 5190. The summed E-state index contributed by atoms with van der Waals surface area (Å²) in [7, 11) is 0. The van der Waals surface area contributed by atoms with Crippen LogP contribution in [-0.4, -0.2) is 0 Å². The van der Waals surface area contributed by atoms with E-state index < -0.39 is 0 Å². The SMILES string of the molecule is C=Cc1ccc(CCCCCCCC2(c3ccccc3)c3ccccc3-c3ccc(N(c4ccc(-c5ccc(N(c6ccc7c(c6)C(CCCCCCCc6ccc(C=C)cc6)(c6ccccc6)c6ccccc6-7)c6cccc7ccccc67)cc5)cc4)c4cccc5c4CC(C)CC=C5)cc32)cc1. The van der Waals surface area contributed by atoms with E-state index in [1.807, 2.05) is 12.2 Å². The Hall–Kier alpha value is -11.1. The first kappa shape index (κ1) is 67.4. The summed E-state index contributed by atoms with van der Waals surface area (Å²) in [6, 6.07) is 116. The van der Waals surface area contributed by atoms with Gasteiger partial charge in [-0.3, -0.25) is 0 Å². The molecule has 0 aromatic heterocycles. The third-order valence-corrected chi connectivity index (χ3v) is 23.2. The van der Waals surface area contributed by atoms with Crippen molar-refractivity contribution >= 4 is 63.1 Å². The summed E-state index contributed by atoms with van der Waals surface area (Å²) in [5.74, 6) is 0.512. The lowest BCUT2D eigenvalue weighted by Gasteiger charge is -2.35. The summed E-state index contributed by atoms with van der Waals surface area (Å²) in [5.41, 5.74) is 30.3. The van der Waals surface area contributed by atoms with Gasteiger partial charge < -0.3 is 9.80 Å². The van der Waals surface area contributed by atoms with Gasteiger partial charge >= 0.3 is 0 Å². The van der Waals surface area contributed by atoms with Crippen molar-refractivity contribution in [3.8, 4) is 33.4 Å². The molecule has 0 bridgehead atoms.